The van der Waals surface area contributed by atoms with Crippen LogP contribution in [-0.4, -0.2) is 18.4 Å². The van der Waals surface area contributed by atoms with Crippen LogP contribution in [0, 0.1) is 32.6 Å². The maximum absolute atomic E-state index is 13.3. The molecule has 0 bridgehead atoms. The number of rotatable bonds is 6. The molecule has 8 heteroatoms. The van der Waals surface area contributed by atoms with Crippen LogP contribution in [0.3, 0.4) is 0 Å². The second-order valence-corrected chi connectivity index (χ2v) is 11.4. The predicted molar refractivity (Wildman–Crippen MR) is 127 cm³/mol. The minimum absolute atomic E-state index is 0.195. The van der Waals surface area contributed by atoms with Crippen molar-refractivity contribution in [2.45, 2.75) is 64.2 Å². The number of halogens is 1. The van der Waals surface area contributed by atoms with Gasteiger partial charge in [0.05, 0.1) is 32.4 Å². The molecule has 1 fully saturated rings. The molecule has 1 N–H and O–H groups in total. The zero-order valence-electron chi connectivity index (χ0n) is 18.6. The molecule has 0 amide bonds. The summed E-state index contributed by atoms with van der Waals surface area (Å²) in [6, 6.07) is 6.67. The number of hydrogen-bond donors (Lipinski definition) is 1. The summed E-state index contributed by atoms with van der Waals surface area (Å²) in [5.41, 5.74) is 3.15. The Morgan fingerprint density at radius 2 is 1.84 bits per heavy atom. The fourth-order valence-corrected chi connectivity index (χ4v) is 6.87. The Kier molecular flexibility index (Phi) is 6.62. The minimum Gasteiger partial charge on any atom is -0.278 e. The molecule has 170 valence electrons. The topological polar surface area (TPSA) is 72.0 Å². The molecule has 3 aromatic rings. The normalized spacial score (nSPS) is 15.1. The standard InChI is InChI=1S/C24H28FN3O2S2/c1-15-9-10-19(24-17(3)27-23(31-24)12-18-7-5-4-6-8-18)13-21(15)32(29,30)28-20-14-26-22(25)11-16(20)2/h9-11,13-14,18,28H,4-8,12H2,1-3H3. The highest BCUT2D eigenvalue weighted by molar-refractivity contribution is 7.92. The fourth-order valence-electron chi connectivity index (χ4n) is 4.30. The molecule has 1 aliphatic rings. The van der Waals surface area contributed by atoms with Gasteiger partial charge in [0.15, 0.2) is 0 Å². The van der Waals surface area contributed by atoms with Crippen LogP contribution in [0.5, 0.6) is 0 Å². The van der Waals surface area contributed by atoms with Crippen molar-refractivity contribution in [3.8, 4) is 10.4 Å². The van der Waals surface area contributed by atoms with E-state index in [9.17, 15) is 12.8 Å². The number of benzene rings is 1. The Bertz CT molecular complexity index is 1230. The predicted octanol–water partition coefficient (Wildman–Crippen LogP) is 6.19. The molecule has 0 saturated heterocycles. The van der Waals surface area contributed by atoms with Gasteiger partial charge in [-0.3, -0.25) is 4.72 Å². The van der Waals surface area contributed by atoms with Gasteiger partial charge < -0.3 is 0 Å². The van der Waals surface area contributed by atoms with Crippen molar-refractivity contribution in [1.82, 2.24) is 9.97 Å². The first kappa shape index (κ1) is 22.9. The molecule has 1 aromatic carbocycles. The van der Waals surface area contributed by atoms with Gasteiger partial charge in [-0.05, 0) is 55.5 Å². The minimum atomic E-state index is -3.87. The largest absolute Gasteiger partial charge is 0.278 e. The lowest BCUT2D eigenvalue weighted by atomic mass is 9.87. The van der Waals surface area contributed by atoms with Gasteiger partial charge in [0, 0.05) is 6.42 Å². The van der Waals surface area contributed by atoms with Crippen LogP contribution in [0.4, 0.5) is 10.1 Å². The summed E-state index contributed by atoms with van der Waals surface area (Å²) in [6.07, 6.45) is 8.68. The molecule has 2 aromatic heterocycles. The first-order chi connectivity index (χ1) is 15.2. The summed E-state index contributed by atoms with van der Waals surface area (Å²) in [6.45, 7) is 5.39. The van der Waals surface area contributed by atoms with Crippen LogP contribution in [-0.2, 0) is 16.4 Å². The van der Waals surface area contributed by atoms with Gasteiger partial charge in [-0.1, -0.05) is 44.2 Å². The second kappa shape index (κ2) is 9.27. The summed E-state index contributed by atoms with van der Waals surface area (Å²) >= 11 is 1.66. The van der Waals surface area contributed by atoms with Crippen molar-refractivity contribution in [2.75, 3.05) is 4.72 Å². The molecule has 5 nitrogen and oxygen atoms in total. The zero-order chi connectivity index (χ0) is 22.9. The molecule has 1 saturated carbocycles. The van der Waals surface area contributed by atoms with Gasteiger partial charge in [-0.15, -0.1) is 11.3 Å². The summed E-state index contributed by atoms with van der Waals surface area (Å²) < 4.78 is 42.2. The number of pyridine rings is 1. The summed E-state index contributed by atoms with van der Waals surface area (Å²) in [4.78, 5) is 9.56. The summed E-state index contributed by atoms with van der Waals surface area (Å²) in [5, 5.41) is 1.13. The maximum Gasteiger partial charge on any atom is 0.262 e. The van der Waals surface area contributed by atoms with Gasteiger partial charge >= 0.3 is 0 Å². The van der Waals surface area contributed by atoms with Gasteiger partial charge in [0.1, 0.15) is 0 Å². The quantitative estimate of drug-likeness (QED) is 0.433. The van der Waals surface area contributed by atoms with Crippen LogP contribution in [0.2, 0.25) is 0 Å². The van der Waals surface area contributed by atoms with E-state index in [-0.39, 0.29) is 10.6 Å². The highest BCUT2D eigenvalue weighted by Crippen LogP contribution is 2.35. The Hall–Kier alpha value is -2.32. The first-order valence-corrected chi connectivity index (χ1v) is 13.2. The molecule has 0 aliphatic heterocycles. The smallest absolute Gasteiger partial charge is 0.262 e. The van der Waals surface area contributed by atoms with Crippen LogP contribution in [0.25, 0.3) is 10.4 Å². The number of sulfonamides is 1. The molecule has 0 radical (unpaired) electrons. The SMILES string of the molecule is Cc1cc(F)ncc1NS(=O)(=O)c1cc(-c2sc(CC3CCCCC3)nc2C)ccc1C. The van der Waals surface area contributed by atoms with E-state index in [0.717, 1.165) is 27.6 Å². The number of aromatic nitrogens is 2. The molecular formula is C24H28FN3O2S2. The zero-order valence-corrected chi connectivity index (χ0v) is 20.2. The van der Waals surface area contributed by atoms with E-state index in [1.54, 1.807) is 31.3 Å². The highest BCUT2D eigenvalue weighted by atomic mass is 32.2. The van der Waals surface area contributed by atoms with Gasteiger partial charge in [-0.2, -0.15) is 4.39 Å². The lowest BCUT2D eigenvalue weighted by molar-refractivity contribution is 0.356. The lowest BCUT2D eigenvalue weighted by Crippen LogP contribution is -2.15. The van der Waals surface area contributed by atoms with Crippen molar-refractivity contribution in [3.05, 3.63) is 58.2 Å². The first-order valence-electron chi connectivity index (χ1n) is 11.0. The van der Waals surface area contributed by atoms with Gasteiger partial charge in [0.25, 0.3) is 10.0 Å². The number of nitrogens with zero attached hydrogens (tertiary/aromatic N) is 2. The molecule has 0 unspecified atom stereocenters. The molecule has 0 atom stereocenters. The van der Waals surface area contributed by atoms with Crippen LogP contribution >= 0.6 is 11.3 Å². The second-order valence-electron chi connectivity index (χ2n) is 8.64. The van der Waals surface area contributed by atoms with E-state index in [0.29, 0.717) is 17.0 Å². The van der Waals surface area contributed by atoms with E-state index >= 15 is 0 Å². The van der Waals surface area contributed by atoms with E-state index < -0.39 is 16.0 Å². The van der Waals surface area contributed by atoms with Crippen molar-refractivity contribution in [3.63, 3.8) is 0 Å². The number of thiazole rings is 1. The van der Waals surface area contributed by atoms with Crippen LogP contribution < -0.4 is 4.72 Å². The van der Waals surface area contributed by atoms with E-state index in [1.807, 2.05) is 19.1 Å². The molecule has 4 rings (SSSR count). The van der Waals surface area contributed by atoms with E-state index in [1.165, 1.54) is 44.4 Å². The summed E-state index contributed by atoms with van der Waals surface area (Å²) in [7, 11) is -3.87. The fraction of sp³-hybridized carbons (Fsp3) is 0.417. The van der Waals surface area contributed by atoms with Gasteiger partial charge in [0.2, 0.25) is 5.95 Å². The van der Waals surface area contributed by atoms with E-state index in [2.05, 4.69) is 9.71 Å². The number of aryl methyl sites for hydroxylation is 3. The Morgan fingerprint density at radius 3 is 2.56 bits per heavy atom. The molecule has 0 spiro atoms. The number of anilines is 1. The molecule has 32 heavy (non-hydrogen) atoms. The Balaban J connectivity index is 1.62. The van der Waals surface area contributed by atoms with Crippen LogP contribution in [0.1, 0.15) is 53.9 Å². The maximum atomic E-state index is 13.3. The molecule has 1 aliphatic carbocycles. The Labute approximate surface area is 193 Å². The summed E-state index contributed by atoms with van der Waals surface area (Å²) in [5.74, 6) is 0.0567. The van der Waals surface area contributed by atoms with Crippen LogP contribution in [0.15, 0.2) is 35.4 Å². The average Bonchev–Trinajstić information content (AvgIpc) is 3.11. The third-order valence-electron chi connectivity index (χ3n) is 6.09. The van der Waals surface area contributed by atoms with Crippen molar-refractivity contribution < 1.29 is 12.8 Å². The monoisotopic (exact) mass is 473 g/mol. The van der Waals surface area contributed by atoms with Crippen molar-refractivity contribution in [2.24, 2.45) is 5.92 Å². The van der Waals surface area contributed by atoms with Gasteiger partial charge in [-0.25, -0.2) is 18.4 Å². The highest BCUT2D eigenvalue weighted by Gasteiger charge is 2.22. The third-order valence-corrected chi connectivity index (χ3v) is 8.83. The molecule has 2 heterocycles. The molecular weight excluding hydrogens is 445 g/mol. The third kappa shape index (κ3) is 5.02. The van der Waals surface area contributed by atoms with Crippen molar-refractivity contribution >= 4 is 27.0 Å². The number of nitrogens with one attached hydrogen (secondary N) is 1. The van der Waals surface area contributed by atoms with Crippen molar-refractivity contribution in [1.29, 1.82) is 0 Å². The lowest BCUT2D eigenvalue weighted by Gasteiger charge is -2.20. The average molecular weight is 474 g/mol. The Morgan fingerprint density at radius 1 is 1.09 bits per heavy atom. The van der Waals surface area contributed by atoms with E-state index in [4.69, 9.17) is 4.98 Å². The number of hydrogen-bond acceptors (Lipinski definition) is 5.